The molecule has 0 radical (unpaired) electrons. The Hall–Kier alpha value is -0.650. The van der Waals surface area contributed by atoms with Gasteiger partial charge in [0.1, 0.15) is 6.61 Å². The van der Waals surface area contributed by atoms with Gasteiger partial charge in [0.05, 0.1) is 12.7 Å². The highest BCUT2D eigenvalue weighted by Crippen LogP contribution is 2.12. The van der Waals surface area contributed by atoms with Crippen LogP contribution in [0.5, 0.6) is 0 Å². The molecular formula is C10H20N2O3. The van der Waals surface area contributed by atoms with Crippen LogP contribution in [0.1, 0.15) is 19.3 Å². The third-order valence-electron chi connectivity index (χ3n) is 2.28. The first kappa shape index (κ1) is 12.4. The lowest BCUT2D eigenvalue weighted by molar-refractivity contribution is -0.127. The van der Waals surface area contributed by atoms with E-state index in [-0.39, 0.29) is 18.6 Å². The molecule has 0 aliphatic carbocycles. The van der Waals surface area contributed by atoms with Crippen molar-refractivity contribution in [1.82, 2.24) is 5.32 Å². The number of hydrogen-bond donors (Lipinski definition) is 2. The first-order valence-electron chi connectivity index (χ1n) is 5.49. The van der Waals surface area contributed by atoms with Crippen molar-refractivity contribution in [3.8, 4) is 0 Å². The Kier molecular flexibility index (Phi) is 6.31. The van der Waals surface area contributed by atoms with E-state index < -0.39 is 0 Å². The molecule has 5 heteroatoms. The predicted octanol–water partition coefficient (Wildman–Crippen LogP) is -0.353. The first-order valence-corrected chi connectivity index (χ1v) is 5.49. The Morgan fingerprint density at radius 2 is 2.40 bits per heavy atom. The van der Waals surface area contributed by atoms with E-state index in [1.54, 1.807) is 0 Å². The third-order valence-corrected chi connectivity index (χ3v) is 2.28. The van der Waals surface area contributed by atoms with Gasteiger partial charge < -0.3 is 20.5 Å². The number of amides is 1. The second-order valence-corrected chi connectivity index (χ2v) is 3.64. The van der Waals surface area contributed by atoms with Crippen molar-refractivity contribution in [3.63, 3.8) is 0 Å². The lowest BCUT2D eigenvalue weighted by Gasteiger charge is -2.22. The summed E-state index contributed by atoms with van der Waals surface area (Å²) in [7, 11) is 0. The topological polar surface area (TPSA) is 73.6 Å². The number of ether oxygens (including phenoxy) is 2. The fourth-order valence-electron chi connectivity index (χ4n) is 1.48. The van der Waals surface area contributed by atoms with Gasteiger partial charge in [0.2, 0.25) is 5.91 Å². The molecule has 1 aliphatic rings. The SMILES string of the molecule is NCCNC(=O)COCC1CCCCO1. The van der Waals surface area contributed by atoms with Crippen molar-refractivity contribution < 1.29 is 14.3 Å². The summed E-state index contributed by atoms with van der Waals surface area (Å²) >= 11 is 0. The highest BCUT2D eigenvalue weighted by Gasteiger charge is 2.14. The van der Waals surface area contributed by atoms with Crippen LogP contribution in [0.25, 0.3) is 0 Å². The van der Waals surface area contributed by atoms with Crippen LogP contribution < -0.4 is 11.1 Å². The average molecular weight is 216 g/mol. The molecule has 0 spiro atoms. The maximum atomic E-state index is 11.1. The summed E-state index contributed by atoms with van der Waals surface area (Å²) < 4.78 is 10.7. The number of carbonyl (C=O) groups excluding carboxylic acids is 1. The monoisotopic (exact) mass is 216 g/mol. The number of hydrogen-bond acceptors (Lipinski definition) is 4. The summed E-state index contributed by atoms with van der Waals surface area (Å²) in [4.78, 5) is 11.1. The Balaban J connectivity index is 1.97. The van der Waals surface area contributed by atoms with Crippen LogP contribution in [0.3, 0.4) is 0 Å². The van der Waals surface area contributed by atoms with Gasteiger partial charge in [-0.1, -0.05) is 0 Å². The van der Waals surface area contributed by atoms with Crippen molar-refractivity contribution in [2.24, 2.45) is 5.73 Å². The number of nitrogens with one attached hydrogen (secondary N) is 1. The zero-order valence-corrected chi connectivity index (χ0v) is 9.04. The van der Waals surface area contributed by atoms with Crippen molar-refractivity contribution in [1.29, 1.82) is 0 Å². The predicted molar refractivity (Wildman–Crippen MR) is 56.5 cm³/mol. The fraction of sp³-hybridized carbons (Fsp3) is 0.900. The zero-order valence-electron chi connectivity index (χ0n) is 9.04. The Bertz CT molecular complexity index is 182. The Morgan fingerprint density at radius 1 is 1.53 bits per heavy atom. The molecule has 15 heavy (non-hydrogen) atoms. The van der Waals surface area contributed by atoms with E-state index in [1.165, 1.54) is 6.42 Å². The van der Waals surface area contributed by atoms with Crippen LogP contribution >= 0.6 is 0 Å². The molecule has 0 aromatic heterocycles. The molecule has 3 N–H and O–H groups in total. The van der Waals surface area contributed by atoms with Gasteiger partial charge in [-0.3, -0.25) is 4.79 Å². The van der Waals surface area contributed by atoms with Gasteiger partial charge in [-0.2, -0.15) is 0 Å². The van der Waals surface area contributed by atoms with E-state index in [0.29, 0.717) is 19.7 Å². The zero-order chi connectivity index (χ0) is 10.9. The molecule has 1 aliphatic heterocycles. The van der Waals surface area contributed by atoms with Gasteiger partial charge in [-0.05, 0) is 19.3 Å². The van der Waals surface area contributed by atoms with Crippen LogP contribution in [-0.4, -0.2) is 44.9 Å². The highest BCUT2D eigenvalue weighted by molar-refractivity contribution is 5.77. The van der Waals surface area contributed by atoms with Gasteiger partial charge in [0, 0.05) is 19.7 Å². The standard InChI is InChI=1S/C10H20N2O3/c11-4-5-12-10(13)8-14-7-9-3-1-2-6-15-9/h9H,1-8,11H2,(H,12,13). The number of rotatable bonds is 6. The molecule has 0 aromatic rings. The minimum absolute atomic E-state index is 0.0971. The van der Waals surface area contributed by atoms with E-state index in [1.807, 2.05) is 0 Å². The van der Waals surface area contributed by atoms with Crippen LogP contribution in [0.2, 0.25) is 0 Å². The van der Waals surface area contributed by atoms with Crippen molar-refractivity contribution in [2.75, 3.05) is 32.9 Å². The van der Waals surface area contributed by atoms with Gasteiger partial charge in [0.15, 0.2) is 0 Å². The molecule has 1 rings (SSSR count). The first-order chi connectivity index (χ1) is 7.33. The minimum Gasteiger partial charge on any atom is -0.376 e. The summed E-state index contributed by atoms with van der Waals surface area (Å²) in [6.07, 6.45) is 3.52. The van der Waals surface area contributed by atoms with E-state index in [4.69, 9.17) is 15.2 Å². The number of carbonyl (C=O) groups is 1. The van der Waals surface area contributed by atoms with Gasteiger partial charge in [-0.15, -0.1) is 0 Å². The summed E-state index contributed by atoms with van der Waals surface area (Å²) in [6, 6.07) is 0. The third kappa shape index (κ3) is 5.71. The summed E-state index contributed by atoms with van der Waals surface area (Å²) in [5.74, 6) is -0.115. The van der Waals surface area contributed by atoms with Gasteiger partial charge >= 0.3 is 0 Å². The minimum atomic E-state index is -0.115. The van der Waals surface area contributed by atoms with Crippen LogP contribution in [-0.2, 0) is 14.3 Å². The molecule has 0 saturated carbocycles. The molecule has 1 heterocycles. The van der Waals surface area contributed by atoms with E-state index in [9.17, 15) is 4.79 Å². The normalized spacial score (nSPS) is 21.3. The van der Waals surface area contributed by atoms with Crippen molar-refractivity contribution in [2.45, 2.75) is 25.4 Å². The fourth-order valence-corrected chi connectivity index (χ4v) is 1.48. The molecule has 0 aromatic carbocycles. The lowest BCUT2D eigenvalue weighted by Crippen LogP contribution is -2.33. The quantitative estimate of drug-likeness (QED) is 0.636. The second-order valence-electron chi connectivity index (χ2n) is 3.64. The Morgan fingerprint density at radius 3 is 3.07 bits per heavy atom. The van der Waals surface area contributed by atoms with Crippen LogP contribution in [0.4, 0.5) is 0 Å². The number of nitrogens with two attached hydrogens (primary N) is 1. The van der Waals surface area contributed by atoms with Crippen molar-refractivity contribution >= 4 is 5.91 Å². The van der Waals surface area contributed by atoms with Crippen LogP contribution in [0.15, 0.2) is 0 Å². The molecule has 88 valence electrons. The summed E-state index contributed by atoms with van der Waals surface area (Å²) in [5, 5.41) is 2.64. The molecule has 1 atom stereocenters. The van der Waals surface area contributed by atoms with Crippen molar-refractivity contribution in [3.05, 3.63) is 0 Å². The van der Waals surface area contributed by atoms with Gasteiger partial charge in [0.25, 0.3) is 0 Å². The molecular weight excluding hydrogens is 196 g/mol. The highest BCUT2D eigenvalue weighted by atomic mass is 16.5. The van der Waals surface area contributed by atoms with E-state index in [0.717, 1.165) is 19.4 Å². The molecule has 1 fully saturated rings. The Labute approximate surface area is 90.3 Å². The van der Waals surface area contributed by atoms with Crippen LogP contribution in [0, 0.1) is 0 Å². The molecule has 0 bridgehead atoms. The largest absolute Gasteiger partial charge is 0.376 e. The average Bonchev–Trinajstić information content (AvgIpc) is 2.28. The molecule has 1 amide bonds. The maximum absolute atomic E-state index is 11.1. The van der Waals surface area contributed by atoms with E-state index in [2.05, 4.69) is 5.32 Å². The molecule has 1 unspecified atom stereocenters. The smallest absolute Gasteiger partial charge is 0.246 e. The lowest BCUT2D eigenvalue weighted by atomic mass is 10.1. The van der Waals surface area contributed by atoms with E-state index >= 15 is 0 Å². The molecule has 5 nitrogen and oxygen atoms in total. The molecule has 1 saturated heterocycles. The second kappa shape index (κ2) is 7.62. The summed E-state index contributed by atoms with van der Waals surface area (Å²) in [5.41, 5.74) is 5.25. The van der Waals surface area contributed by atoms with Gasteiger partial charge in [-0.25, -0.2) is 0 Å². The summed E-state index contributed by atoms with van der Waals surface area (Å²) in [6.45, 7) is 2.38. The maximum Gasteiger partial charge on any atom is 0.246 e.